The van der Waals surface area contributed by atoms with E-state index in [-0.39, 0.29) is 31.8 Å². The summed E-state index contributed by atoms with van der Waals surface area (Å²) in [6.45, 7) is 13.9. The molecule has 0 saturated carbocycles. The first kappa shape index (κ1) is 39.7. The Hall–Kier alpha value is -5.00. The summed E-state index contributed by atoms with van der Waals surface area (Å²) in [6.07, 6.45) is 5.09. The van der Waals surface area contributed by atoms with Gasteiger partial charge in [0.05, 0.1) is 13.7 Å². The normalized spacial score (nSPS) is 11.9. The van der Waals surface area contributed by atoms with Gasteiger partial charge in [-0.25, -0.2) is 4.39 Å². The van der Waals surface area contributed by atoms with Crippen molar-refractivity contribution in [2.24, 2.45) is 5.92 Å². The average molecular weight is 917 g/mol. The van der Waals surface area contributed by atoms with E-state index in [4.69, 9.17) is 4.42 Å². The van der Waals surface area contributed by atoms with Crippen LogP contribution in [0.15, 0.2) is 144 Å². The third kappa shape index (κ3) is 9.11. The molecule has 0 bridgehead atoms. The van der Waals surface area contributed by atoms with E-state index in [0.717, 1.165) is 62.0 Å². The molecule has 3 heterocycles. The number of halogens is 1. The molecule has 0 aliphatic rings. The monoisotopic (exact) mass is 917 g/mol. The maximum atomic E-state index is 13.3. The molecule has 0 N–H and O–H groups in total. The molecule has 1 radical (unpaired) electrons. The first-order valence-corrected chi connectivity index (χ1v) is 22.2. The average Bonchev–Trinajstić information content (AvgIpc) is 3.56. The Morgan fingerprint density at radius 1 is 0.691 bits per heavy atom. The van der Waals surface area contributed by atoms with Gasteiger partial charge < -0.3 is 14.4 Å². The van der Waals surface area contributed by atoms with Crippen molar-refractivity contribution in [2.75, 3.05) is 0 Å². The van der Waals surface area contributed by atoms with Gasteiger partial charge in [0.15, 0.2) is 0 Å². The summed E-state index contributed by atoms with van der Waals surface area (Å²) in [6, 6.07) is 48.2. The minimum absolute atomic E-state index is 0. The van der Waals surface area contributed by atoms with Crippen LogP contribution in [0.5, 0.6) is 0 Å². The zero-order chi connectivity index (χ0) is 37.8. The van der Waals surface area contributed by atoms with E-state index in [0.29, 0.717) is 5.92 Å². The van der Waals surface area contributed by atoms with Gasteiger partial charge in [0.2, 0.25) is 0 Å². The van der Waals surface area contributed by atoms with Crippen molar-refractivity contribution in [3.8, 4) is 33.6 Å². The predicted molar refractivity (Wildman–Crippen MR) is 225 cm³/mol. The number of hydrogen-bond donors (Lipinski definition) is 0. The Morgan fingerprint density at radius 2 is 1.44 bits per heavy atom. The van der Waals surface area contributed by atoms with Crippen molar-refractivity contribution in [1.29, 1.82) is 0 Å². The smallest absolute Gasteiger partial charge is 0.123 e. The van der Waals surface area contributed by atoms with Crippen LogP contribution in [0.3, 0.4) is 0 Å². The van der Waals surface area contributed by atoms with Crippen LogP contribution in [0.2, 0.25) is 19.6 Å². The third-order valence-corrected chi connectivity index (χ3v) is 11.9. The Kier molecular flexibility index (Phi) is 12.4. The molecule has 5 aromatic carbocycles. The van der Waals surface area contributed by atoms with Gasteiger partial charge in [-0.1, -0.05) is 124 Å². The number of aromatic nitrogens is 2. The molecule has 0 amide bonds. The summed E-state index contributed by atoms with van der Waals surface area (Å²) in [7, 11) is -1.34. The van der Waals surface area contributed by atoms with Crippen LogP contribution in [0, 0.1) is 23.9 Å². The Bertz CT molecular complexity index is 2510. The van der Waals surface area contributed by atoms with Gasteiger partial charge in [0, 0.05) is 43.8 Å². The van der Waals surface area contributed by atoms with Gasteiger partial charge >= 0.3 is 0 Å². The number of nitrogens with zero attached hydrogens (tertiary/aromatic N) is 2. The van der Waals surface area contributed by atoms with Crippen LogP contribution in [0.4, 0.5) is 4.39 Å². The molecule has 0 aliphatic heterocycles. The van der Waals surface area contributed by atoms with E-state index in [1.165, 1.54) is 34.0 Å². The van der Waals surface area contributed by atoms with Crippen molar-refractivity contribution < 1.29 is 28.9 Å². The fraction of sp³-hybridized carbons (Fsp3) is 0.184. The minimum Gasteiger partial charge on any atom is -0.501 e. The van der Waals surface area contributed by atoms with Crippen LogP contribution in [0.25, 0.3) is 55.6 Å². The number of furan rings is 1. The fourth-order valence-electron chi connectivity index (χ4n) is 7.02. The number of hydrogen-bond acceptors (Lipinski definition) is 3. The van der Waals surface area contributed by atoms with Crippen LogP contribution >= 0.6 is 0 Å². The molecular weight excluding hydrogens is 872 g/mol. The van der Waals surface area contributed by atoms with Crippen molar-refractivity contribution in [1.82, 2.24) is 9.97 Å². The van der Waals surface area contributed by atoms with Crippen LogP contribution in [-0.4, -0.2) is 18.0 Å². The maximum Gasteiger partial charge on any atom is 0.123 e. The van der Waals surface area contributed by atoms with Gasteiger partial charge in [0.1, 0.15) is 11.4 Å². The van der Waals surface area contributed by atoms with E-state index < -0.39 is 8.07 Å². The molecule has 0 saturated heterocycles. The Balaban J connectivity index is 0.000000211. The molecule has 0 fully saturated rings. The van der Waals surface area contributed by atoms with E-state index >= 15 is 0 Å². The molecule has 0 aliphatic carbocycles. The number of pyridine rings is 2. The summed E-state index contributed by atoms with van der Waals surface area (Å²) in [5.74, 6) is 0.668. The van der Waals surface area contributed by atoms with E-state index in [1.807, 2.05) is 54.7 Å². The summed E-state index contributed by atoms with van der Waals surface area (Å²) in [5, 5.41) is 3.55. The molecule has 3 aromatic heterocycles. The molecule has 55 heavy (non-hydrogen) atoms. The summed E-state index contributed by atoms with van der Waals surface area (Å²) in [4.78, 5) is 9.34. The summed E-state index contributed by atoms with van der Waals surface area (Å²) in [5.41, 5.74) is 11.2. The second-order valence-electron chi connectivity index (χ2n) is 15.4. The summed E-state index contributed by atoms with van der Waals surface area (Å²) >= 11 is 0. The van der Waals surface area contributed by atoms with Gasteiger partial charge in [-0.15, -0.1) is 54.1 Å². The van der Waals surface area contributed by atoms with E-state index in [1.54, 1.807) is 12.1 Å². The van der Waals surface area contributed by atoms with Crippen LogP contribution in [0.1, 0.15) is 43.4 Å². The predicted octanol–water partition coefficient (Wildman–Crippen LogP) is 12.7. The van der Waals surface area contributed by atoms with Crippen LogP contribution < -0.4 is 5.19 Å². The van der Waals surface area contributed by atoms with Crippen molar-refractivity contribution >= 4 is 35.2 Å². The topological polar surface area (TPSA) is 38.9 Å². The fourth-order valence-corrected chi connectivity index (χ4v) is 8.61. The quantitative estimate of drug-likeness (QED) is 0.113. The van der Waals surface area contributed by atoms with Gasteiger partial charge in [-0.05, 0) is 75.4 Å². The van der Waals surface area contributed by atoms with E-state index in [2.05, 4.69) is 123 Å². The zero-order valence-electron chi connectivity index (χ0n) is 32.2. The van der Waals surface area contributed by atoms with Gasteiger partial charge in [0.25, 0.3) is 0 Å². The molecule has 1 unspecified atom stereocenters. The van der Waals surface area contributed by atoms with Crippen molar-refractivity contribution in [2.45, 2.75) is 52.8 Å². The standard InChI is InChI=1S/C31H21FNO.C18H24NSi.Ir/c1-20(21-6-3-2-4-7-21)23-16-17-33-29(18-23)28-9-5-8-27-26-15-12-24(19-30(26)34-31(27)28)22-10-13-25(32)14-11-22;1-14(2)11-16-12-17(15-9-7-6-8-10-15)19-13-18(16)20(3,4)5;/h2-8,10-20H,1H3;6-9,12-14H,11H2,1-5H3;/q2*-1;. The molecular formula is C49H45FIrN2OSi-2. The van der Waals surface area contributed by atoms with Crippen molar-refractivity contribution in [3.63, 3.8) is 0 Å². The van der Waals surface area contributed by atoms with Crippen LogP contribution in [-0.2, 0) is 26.5 Å². The second-order valence-corrected chi connectivity index (χ2v) is 20.4. The number of benzene rings is 5. The molecule has 6 heteroatoms. The Labute approximate surface area is 339 Å². The maximum absolute atomic E-state index is 13.3. The summed E-state index contributed by atoms with van der Waals surface area (Å²) < 4.78 is 19.7. The first-order chi connectivity index (χ1) is 26.0. The van der Waals surface area contributed by atoms with Gasteiger partial charge in [-0.2, -0.15) is 0 Å². The zero-order valence-corrected chi connectivity index (χ0v) is 35.5. The molecule has 0 spiro atoms. The first-order valence-electron chi connectivity index (χ1n) is 18.7. The molecule has 8 aromatic rings. The van der Waals surface area contributed by atoms with Crippen molar-refractivity contribution in [3.05, 3.63) is 174 Å². The Morgan fingerprint density at radius 3 is 2.15 bits per heavy atom. The third-order valence-electron chi connectivity index (χ3n) is 9.86. The van der Waals surface area contributed by atoms with E-state index in [9.17, 15) is 4.39 Å². The number of fused-ring (bicyclic) bond motifs is 3. The SMILES string of the molecule is CC(C)Cc1cc(-c2[c-]cccc2)ncc1[Si](C)(C)C.CC(c1ccccc1)c1ccnc(-c2[c-]ccc3c2oc2cc(-c4ccc(F)cc4)ccc23)c1.[Ir]. The number of rotatable bonds is 8. The molecule has 1 atom stereocenters. The largest absolute Gasteiger partial charge is 0.501 e. The second kappa shape index (κ2) is 17.2. The van der Waals surface area contributed by atoms with Gasteiger partial charge in [-0.3, -0.25) is 0 Å². The minimum atomic E-state index is -1.34. The molecule has 8 rings (SSSR count). The molecule has 3 nitrogen and oxygen atoms in total. The molecule has 279 valence electrons.